The van der Waals surface area contributed by atoms with Crippen LogP contribution in [0.2, 0.25) is 0 Å². The zero-order valence-corrected chi connectivity index (χ0v) is 19.7. The van der Waals surface area contributed by atoms with Gasteiger partial charge >= 0.3 is 0 Å². The number of H-pyrrole nitrogens is 1. The molecule has 0 spiro atoms. The van der Waals surface area contributed by atoms with Crippen LogP contribution in [0.15, 0.2) is 52.1 Å². The molecule has 1 aliphatic heterocycles. The van der Waals surface area contributed by atoms with Gasteiger partial charge in [-0.3, -0.25) is 5.10 Å². The van der Waals surface area contributed by atoms with Crippen molar-refractivity contribution in [2.75, 3.05) is 19.6 Å². The maximum Gasteiger partial charge on any atom is 0.216 e. The Morgan fingerprint density at radius 2 is 2.10 bits per heavy atom. The Kier molecular flexibility index (Phi) is 8.02. The molecule has 0 aliphatic carbocycles. The van der Waals surface area contributed by atoms with Gasteiger partial charge in [0, 0.05) is 13.1 Å². The second kappa shape index (κ2) is 10.7. The van der Waals surface area contributed by atoms with Crippen LogP contribution in [-0.4, -0.2) is 51.8 Å². The molecule has 31 heavy (non-hydrogen) atoms. The number of halogens is 2. The van der Waals surface area contributed by atoms with Gasteiger partial charge in [0.05, 0.1) is 18.9 Å². The van der Waals surface area contributed by atoms with Gasteiger partial charge in [0.25, 0.3) is 0 Å². The molecular formula is C21H26FIN6O2. The summed E-state index contributed by atoms with van der Waals surface area (Å²) in [5.41, 5.74) is 0.946. The van der Waals surface area contributed by atoms with Crippen LogP contribution in [0.3, 0.4) is 0 Å². The topological polar surface area (TPSA) is 91.6 Å². The van der Waals surface area contributed by atoms with Gasteiger partial charge in [0.1, 0.15) is 24.3 Å². The molecule has 1 saturated heterocycles. The zero-order valence-electron chi connectivity index (χ0n) is 17.4. The molecule has 2 atom stereocenters. The summed E-state index contributed by atoms with van der Waals surface area (Å²) in [5.74, 6) is 2.28. The number of nitrogens with one attached hydrogen (secondary N) is 2. The molecule has 0 bridgehead atoms. The van der Waals surface area contributed by atoms with Crippen molar-refractivity contribution < 1.29 is 13.5 Å². The zero-order chi connectivity index (χ0) is 20.9. The number of furan rings is 1. The quantitative estimate of drug-likeness (QED) is 0.291. The van der Waals surface area contributed by atoms with Crippen molar-refractivity contribution in [2.24, 2.45) is 4.99 Å². The average Bonchev–Trinajstić information content (AvgIpc) is 3.43. The highest BCUT2D eigenvalue weighted by Gasteiger charge is 2.28. The third-order valence-electron chi connectivity index (χ3n) is 4.79. The SMILES string of the molecule is CCNC(=NCc1nc(-c2ccco2)n[nH]1)N1CC(C)OC(c2ccc(F)cc2)C1.I. The molecule has 3 aromatic rings. The van der Waals surface area contributed by atoms with E-state index in [1.54, 1.807) is 24.5 Å². The van der Waals surface area contributed by atoms with Crippen LogP contribution in [0.4, 0.5) is 4.39 Å². The molecule has 8 nitrogen and oxygen atoms in total. The molecule has 2 aromatic heterocycles. The number of rotatable bonds is 5. The van der Waals surface area contributed by atoms with Gasteiger partial charge in [-0.05, 0) is 43.7 Å². The van der Waals surface area contributed by atoms with E-state index in [0.29, 0.717) is 37.0 Å². The van der Waals surface area contributed by atoms with E-state index < -0.39 is 0 Å². The number of aromatic nitrogens is 3. The van der Waals surface area contributed by atoms with Crippen molar-refractivity contribution in [3.05, 3.63) is 59.9 Å². The standard InChI is InChI=1S/C21H25FN6O2.HI/c1-3-23-21(24-11-19-25-20(27-26-19)17-5-4-10-29-17)28-12-14(2)30-18(13-28)15-6-8-16(22)9-7-15;/h4-10,14,18H,3,11-13H2,1-2H3,(H,23,24)(H,25,26,27);1H. The maximum atomic E-state index is 13.3. The first kappa shape index (κ1) is 23.2. The summed E-state index contributed by atoms with van der Waals surface area (Å²) < 4.78 is 24.7. The second-order valence-electron chi connectivity index (χ2n) is 7.15. The predicted octanol–water partition coefficient (Wildman–Crippen LogP) is 3.75. The van der Waals surface area contributed by atoms with Crippen molar-refractivity contribution >= 4 is 29.9 Å². The minimum Gasteiger partial charge on any atom is -0.461 e. The van der Waals surface area contributed by atoms with Crippen molar-refractivity contribution in [1.82, 2.24) is 25.4 Å². The number of aromatic amines is 1. The van der Waals surface area contributed by atoms with Gasteiger partial charge in [0.2, 0.25) is 5.82 Å². The van der Waals surface area contributed by atoms with E-state index in [-0.39, 0.29) is 42.0 Å². The first-order valence-electron chi connectivity index (χ1n) is 10.0. The van der Waals surface area contributed by atoms with Gasteiger partial charge in [-0.1, -0.05) is 12.1 Å². The second-order valence-corrected chi connectivity index (χ2v) is 7.15. The Morgan fingerprint density at radius 3 is 2.81 bits per heavy atom. The lowest BCUT2D eigenvalue weighted by Crippen LogP contribution is -2.50. The summed E-state index contributed by atoms with van der Waals surface area (Å²) in [7, 11) is 0. The molecule has 1 aromatic carbocycles. The van der Waals surface area contributed by atoms with E-state index in [0.717, 1.165) is 18.1 Å². The number of aliphatic imine (C=N–C) groups is 1. The number of guanidine groups is 1. The lowest BCUT2D eigenvalue weighted by Gasteiger charge is -2.38. The Balaban J connectivity index is 0.00000272. The van der Waals surface area contributed by atoms with Crippen molar-refractivity contribution in [3.8, 4) is 11.6 Å². The van der Waals surface area contributed by atoms with E-state index in [4.69, 9.17) is 14.1 Å². The number of hydrogen-bond donors (Lipinski definition) is 2. The largest absolute Gasteiger partial charge is 0.461 e. The highest BCUT2D eigenvalue weighted by Crippen LogP contribution is 2.25. The lowest BCUT2D eigenvalue weighted by atomic mass is 10.1. The van der Waals surface area contributed by atoms with Gasteiger partial charge in [-0.2, -0.15) is 0 Å². The third kappa shape index (κ3) is 5.82. The number of hydrogen-bond acceptors (Lipinski definition) is 5. The Hall–Kier alpha value is -2.47. The van der Waals surface area contributed by atoms with Crippen LogP contribution in [0, 0.1) is 5.82 Å². The molecule has 1 fully saturated rings. The fourth-order valence-electron chi connectivity index (χ4n) is 3.44. The van der Waals surface area contributed by atoms with Crippen molar-refractivity contribution in [1.29, 1.82) is 0 Å². The van der Waals surface area contributed by atoms with Crippen molar-refractivity contribution in [2.45, 2.75) is 32.6 Å². The smallest absolute Gasteiger partial charge is 0.216 e. The number of nitrogens with zero attached hydrogens (tertiary/aromatic N) is 4. The normalized spacial score (nSPS) is 19.2. The number of benzene rings is 1. The van der Waals surface area contributed by atoms with E-state index in [1.165, 1.54) is 12.1 Å². The van der Waals surface area contributed by atoms with E-state index in [9.17, 15) is 4.39 Å². The molecule has 0 amide bonds. The number of morpholine rings is 1. The van der Waals surface area contributed by atoms with Crippen LogP contribution in [0.5, 0.6) is 0 Å². The molecule has 0 saturated carbocycles. The van der Waals surface area contributed by atoms with Crippen molar-refractivity contribution in [3.63, 3.8) is 0 Å². The molecule has 2 N–H and O–H groups in total. The molecule has 3 heterocycles. The fraction of sp³-hybridized carbons (Fsp3) is 0.381. The molecule has 0 radical (unpaired) electrons. The molecular weight excluding hydrogens is 514 g/mol. The molecule has 166 valence electrons. The van der Waals surface area contributed by atoms with Gasteiger partial charge in [-0.15, -0.1) is 29.1 Å². The van der Waals surface area contributed by atoms with Crippen LogP contribution in [0.1, 0.15) is 31.3 Å². The molecule has 1 aliphatic rings. The molecule has 4 rings (SSSR count). The highest BCUT2D eigenvalue weighted by molar-refractivity contribution is 14.0. The average molecular weight is 540 g/mol. The first-order chi connectivity index (χ1) is 14.6. The fourth-order valence-corrected chi connectivity index (χ4v) is 3.44. The minimum absolute atomic E-state index is 0. The summed E-state index contributed by atoms with van der Waals surface area (Å²) in [5, 5.41) is 10.4. The summed E-state index contributed by atoms with van der Waals surface area (Å²) in [6, 6.07) is 10.1. The summed E-state index contributed by atoms with van der Waals surface area (Å²) >= 11 is 0. The third-order valence-corrected chi connectivity index (χ3v) is 4.79. The summed E-state index contributed by atoms with van der Waals surface area (Å²) in [6.45, 7) is 6.47. The van der Waals surface area contributed by atoms with E-state index >= 15 is 0 Å². The molecule has 2 unspecified atom stereocenters. The Labute approximate surface area is 197 Å². The monoisotopic (exact) mass is 540 g/mol. The van der Waals surface area contributed by atoms with Gasteiger partial charge in [-0.25, -0.2) is 14.4 Å². The summed E-state index contributed by atoms with van der Waals surface area (Å²) in [6.07, 6.45) is 1.44. The highest BCUT2D eigenvalue weighted by atomic mass is 127. The van der Waals surface area contributed by atoms with E-state index in [1.807, 2.05) is 19.9 Å². The van der Waals surface area contributed by atoms with Crippen LogP contribution >= 0.6 is 24.0 Å². The summed E-state index contributed by atoms with van der Waals surface area (Å²) in [4.78, 5) is 11.3. The maximum absolute atomic E-state index is 13.3. The van der Waals surface area contributed by atoms with Gasteiger partial charge < -0.3 is 19.4 Å². The Bertz CT molecular complexity index is 976. The van der Waals surface area contributed by atoms with Crippen LogP contribution in [-0.2, 0) is 11.3 Å². The van der Waals surface area contributed by atoms with Gasteiger partial charge in [0.15, 0.2) is 11.7 Å². The Morgan fingerprint density at radius 1 is 1.29 bits per heavy atom. The van der Waals surface area contributed by atoms with Crippen LogP contribution in [0.25, 0.3) is 11.6 Å². The first-order valence-corrected chi connectivity index (χ1v) is 10.0. The van der Waals surface area contributed by atoms with E-state index in [2.05, 4.69) is 25.4 Å². The molecule has 10 heteroatoms. The lowest BCUT2D eigenvalue weighted by molar-refractivity contribution is -0.0605. The minimum atomic E-state index is -0.254. The van der Waals surface area contributed by atoms with Crippen LogP contribution < -0.4 is 5.32 Å². The number of ether oxygens (including phenoxy) is 1. The predicted molar refractivity (Wildman–Crippen MR) is 126 cm³/mol.